The first kappa shape index (κ1) is 21.2. The highest BCUT2D eigenvalue weighted by molar-refractivity contribution is 7.99. The van der Waals surface area contributed by atoms with Crippen LogP contribution in [0.15, 0.2) is 59.8 Å². The molecule has 158 valence electrons. The number of ether oxygens (including phenoxy) is 2. The van der Waals surface area contributed by atoms with E-state index in [4.69, 9.17) is 19.4 Å². The van der Waals surface area contributed by atoms with Crippen LogP contribution in [0.3, 0.4) is 0 Å². The van der Waals surface area contributed by atoms with Gasteiger partial charge in [-0.15, -0.1) is 0 Å². The van der Waals surface area contributed by atoms with Crippen molar-refractivity contribution in [2.24, 2.45) is 0 Å². The van der Waals surface area contributed by atoms with Crippen molar-refractivity contribution >= 4 is 17.6 Å². The van der Waals surface area contributed by atoms with E-state index in [0.717, 1.165) is 23.5 Å². The summed E-state index contributed by atoms with van der Waals surface area (Å²) in [7, 11) is 1.64. The highest BCUT2D eigenvalue weighted by atomic mass is 32.2. The smallest absolute Gasteiger partial charge is 0.190 e. The number of hydrogen-bond donors (Lipinski definition) is 0. The van der Waals surface area contributed by atoms with Gasteiger partial charge < -0.3 is 14.4 Å². The predicted molar refractivity (Wildman–Crippen MR) is 123 cm³/mol. The first-order valence-electron chi connectivity index (χ1n) is 10.2. The third-order valence-electron chi connectivity index (χ3n) is 5.12. The Morgan fingerprint density at radius 3 is 2.48 bits per heavy atom. The van der Waals surface area contributed by atoms with Gasteiger partial charge in [-0.1, -0.05) is 42.1 Å². The topological polar surface area (TPSA) is 71.3 Å². The maximum atomic E-state index is 9.99. The molecule has 31 heavy (non-hydrogen) atoms. The second-order valence-electron chi connectivity index (χ2n) is 7.08. The summed E-state index contributed by atoms with van der Waals surface area (Å²) in [5.74, 6) is 2.32. The second kappa shape index (κ2) is 10.3. The summed E-state index contributed by atoms with van der Waals surface area (Å²) in [4.78, 5) is 11.7. The van der Waals surface area contributed by atoms with E-state index in [0.29, 0.717) is 48.5 Å². The van der Waals surface area contributed by atoms with Crippen molar-refractivity contribution in [1.82, 2.24) is 9.97 Å². The van der Waals surface area contributed by atoms with Gasteiger partial charge in [0.25, 0.3) is 0 Å². The van der Waals surface area contributed by atoms with Gasteiger partial charge in [0.1, 0.15) is 17.4 Å². The number of benzene rings is 2. The number of aromatic nitrogens is 2. The van der Waals surface area contributed by atoms with E-state index >= 15 is 0 Å². The first-order chi connectivity index (χ1) is 15.3. The summed E-state index contributed by atoms with van der Waals surface area (Å²) < 4.78 is 10.8. The molecular formula is C24H24N4O2S. The van der Waals surface area contributed by atoms with Crippen molar-refractivity contribution in [3.63, 3.8) is 0 Å². The number of anilines is 1. The van der Waals surface area contributed by atoms with Gasteiger partial charge in [-0.2, -0.15) is 5.26 Å². The summed E-state index contributed by atoms with van der Waals surface area (Å²) in [6.45, 7) is 2.68. The fourth-order valence-electron chi connectivity index (χ4n) is 3.46. The molecule has 1 aromatic heterocycles. The van der Waals surface area contributed by atoms with E-state index in [1.165, 1.54) is 5.56 Å². The van der Waals surface area contributed by atoms with Crippen LogP contribution in [0, 0.1) is 11.3 Å². The van der Waals surface area contributed by atoms with Gasteiger partial charge in [0.2, 0.25) is 0 Å². The van der Waals surface area contributed by atoms with E-state index in [1.807, 2.05) is 30.3 Å². The number of morpholine rings is 1. The average molecular weight is 433 g/mol. The summed E-state index contributed by atoms with van der Waals surface area (Å²) in [5.41, 5.74) is 3.31. The minimum Gasteiger partial charge on any atom is -0.497 e. The molecule has 0 spiro atoms. The van der Waals surface area contributed by atoms with Crippen LogP contribution in [-0.2, 0) is 11.2 Å². The maximum absolute atomic E-state index is 9.99. The first-order valence-corrected chi connectivity index (χ1v) is 11.2. The molecule has 3 aromatic rings. The van der Waals surface area contributed by atoms with Crippen molar-refractivity contribution in [3.05, 3.63) is 65.7 Å². The molecule has 4 rings (SSSR count). The van der Waals surface area contributed by atoms with E-state index in [9.17, 15) is 5.26 Å². The molecule has 0 atom stereocenters. The van der Waals surface area contributed by atoms with Crippen molar-refractivity contribution in [3.8, 4) is 23.1 Å². The third-order valence-corrected chi connectivity index (χ3v) is 5.97. The normalized spacial score (nSPS) is 13.6. The number of nitriles is 1. The van der Waals surface area contributed by atoms with Gasteiger partial charge in [0.05, 0.1) is 26.0 Å². The maximum Gasteiger partial charge on any atom is 0.190 e. The number of aryl methyl sites for hydroxylation is 1. The Bertz CT molecular complexity index is 1050. The lowest BCUT2D eigenvalue weighted by molar-refractivity contribution is 0.122. The summed E-state index contributed by atoms with van der Waals surface area (Å²) in [5, 5.41) is 10.7. The van der Waals surface area contributed by atoms with Crippen molar-refractivity contribution in [2.45, 2.75) is 11.6 Å². The molecule has 0 bridgehead atoms. The van der Waals surface area contributed by atoms with Gasteiger partial charge in [-0.25, -0.2) is 9.97 Å². The van der Waals surface area contributed by atoms with E-state index in [2.05, 4.69) is 35.2 Å². The minimum absolute atomic E-state index is 0.500. The third kappa shape index (κ3) is 5.16. The molecule has 0 amide bonds. The molecule has 2 aromatic carbocycles. The van der Waals surface area contributed by atoms with Crippen LogP contribution < -0.4 is 9.64 Å². The molecule has 0 saturated carbocycles. The summed E-state index contributed by atoms with van der Waals surface area (Å²) in [6, 6.07) is 20.4. The largest absolute Gasteiger partial charge is 0.497 e. The molecule has 2 heterocycles. The number of methoxy groups -OCH3 is 1. The number of hydrogen-bond acceptors (Lipinski definition) is 7. The second-order valence-corrected chi connectivity index (χ2v) is 8.14. The quantitative estimate of drug-likeness (QED) is 0.409. The zero-order valence-corrected chi connectivity index (χ0v) is 18.3. The lowest BCUT2D eigenvalue weighted by atomic mass is 10.1. The highest BCUT2D eigenvalue weighted by Gasteiger charge is 2.22. The minimum atomic E-state index is 0.500. The van der Waals surface area contributed by atoms with Gasteiger partial charge in [-0.05, 0) is 36.2 Å². The molecule has 7 heteroatoms. The molecule has 0 N–H and O–H groups in total. The van der Waals surface area contributed by atoms with Crippen LogP contribution >= 0.6 is 11.8 Å². The van der Waals surface area contributed by atoms with Crippen LogP contribution in [0.2, 0.25) is 0 Å². The molecular weight excluding hydrogens is 408 g/mol. The Kier molecular flexibility index (Phi) is 7.03. The van der Waals surface area contributed by atoms with Crippen LogP contribution in [0.25, 0.3) is 11.3 Å². The SMILES string of the molecule is COc1ccc(-c2nc(SCCc3ccccc3)nc(N3CCOCC3)c2C#N)cc1. The number of rotatable bonds is 7. The van der Waals surface area contributed by atoms with Gasteiger partial charge in [0, 0.05) is 24.4 Å². The highest BCUT2D eigenvalue weighted by Crippen LogP contribution is 2.32. The summed E-state index contributed by atoms with van der Waals surface area (Å²) in [6.07, 6.45) is 0.930. The lowest BCUT2D eigenvalue weighted by Gasteiger charge is -2.29. The Balaban J connectivity index is 1.67. The monoisotopic (exact) mass is 432 g/mol. The molecule has 1 saturated heterocycles. The Hall–Kier alpha value is -3.08. The van der Waals surface area contributed by atoms with Crippen molar-refractivity contribution in [1.29, 1.82) is 5.26 Å². The zero-order chi connectivity index (χ0) is 21.5. The molecule has 1 aliphatic heterocycles. The van der Waals surface area contributed by atoms with Gasteiger partial charge >= 0.3 is 0 Å². The molecule has 0 radical (unpaired) electrons. The fourth-order valence-corrected chi connectivity index (χ4v) is 4.29. The Morgan fingerprint density at radius 1 is 1.06 bits per heavy atom. The lowest BCUT2D eigenvalue weighted by Crippen LogP contribution is -2.37. The predicted octanol–water partition coefficient (Wildman–Crippen LogP) is 4.20. The average Bonchev–Trinajstić information content (AvgIpc) is 2.85. The van der Waals surface area contributed by atoms with Crippen LogP contribution in [0.1, 0.15) is 11.1 Å². The Morgan fingerprint density at radius 2 is 1.81 bits per heavy atom. The zero-order valence-electron chi connectivity index (χ0n) is 17.5. The van der Waals surface area contributed by atoms with E-state index in [1.54, 1.807) is 18.9 Å². The molecule has 1 aliphatic rings. The Labute approximate surface area is 186 Å². The van der Waals surface area contributed by atoms with Crippen LogP contribution in [0.4, 0.5) is 5.82 Å². The van der Waals surface area contributed by atoms with Gasteiger partial charge in [-0.3, -0.25) is 0 Å². The van der Waals surface area contributed by atoms with Gasteiger partial charge in [0.15, 0.2) is 11.0 Å². The molecule has 6 nitrogen and oxygen atoms in total. The van der Waals surface area contributed by atoms with Crippen molar-refractivity contribution < 1.29 is 9.47 Å². The standard InChI is InChI=1S/C24H24N4O2S/c1-29-20-9-7-19(8-10-20)22-21(17-25)23(28-12-14-30-15-13-28)27-24(26-22)31-16-11-18-5-3-2-4-6-18/h2-10H,11-16H2,1H3. The summed E-state index contributed by atoms with van der Waals surface area (Å²) >= 11 is 1.61. The molecule has 1 fully saturated rings. The van der Waals surface area contributed by atoms with Crippen LogP contribution in [-0.4, -0.2) is 49.1 Å². The van der Waals surface area contributed by atoms with Crippen molar-refractivity contribution in [2.75, 3.05) is 44.1 Å². The molecule has 0 unspecified atom stereocenters. The molecule has 0 aliphatic carbocycles. The van der Waals surface area contributed by atoms with E-state index in [-0.39, 0.29) is 0 Å². The van der Waals surface area contributed by atoms with E-state index < -0.39 is 0 Å². The van der Waals surface area contributed by atoms with Crippen LogP contribution in [0.5, 0.6) is 5.75 Å². The number of thioether (sulfide) groups is 1. The number of nitrogens with zero attached hydrogens (tertiary/aromatic N) is 4. The fraction of sp³-hybridized carbons (Fsp3) is 0.292.